The number of nitriles is 1. The van der Waals surface area contributed by atoms with Gasteiger partial charge in [-0.2, -0.15) is 5.26 Å². The summed E-state index contributed by atoms with van der Waals surface area (Å²) in [5.74, 6) is 1.61. The molecule has 24 heavy (non-hydrogen) atoms. The van der Waals surface area contributed by atoms with E-state index in [-0.39, 0.29) is 0 Å². The average molecular weight is 334 g/mol. The highest BCUT2D eigenvalue weighted by Gasteiger charge is 2.16. The molecule has 5 heteroatoms. The number of imidazole rings is 1. The largest absolute Gasteiger partial charge is 0.341 e. The first kappa shape index (κ1) is 15.2. The summed E-state index contributed by atoms with van der Waals surface area (Å²) < 4.78 is 0. The zero-order chi connectivity index (χ0) is 16.5. The minimum Gasteiger partial charge on any atom is -0.341 e. The number of aromatic amines is 1. The molecule has 0 aliphatic heterocycles. The lowest BCUT2D eigenvalue weighted by Gasteiger charge is -2.16. The van der Waals surface area contributed by atoms with Gasteiger partial charge in [-0.05, 0) is 61.9 Å². The molecule has 1 N–H and O–H groups in total. The fourth-order valence-electron chi connectivity index (χ4n) is 3.19. The van der Waals surface area contributed by atoms with Gasteiger partial charge in [-0.3, -0.25) is 0 Å². The number of pyridine rings is 1. The van der Waals surface area contributed by atoms with Crippen LogP contribution in [-0.4, -0.2) is 15.0 Å². The highest BCUT2D eigenvalue weighted by molar-refractivity contribution is 7.98. The van der Waals surface area contributed by atoms with Crippen molar-refractivity contribution in [2.75, 3.05) is 0 Å². The Hall–Kier alpha value is -2.32. The third kappa shape index (κ3) is 2.90. The first-order valence-electron chi connectivity index (χ1n) is 8.24. The molecule has 4 nitrogen and oxygen atoms in total. The third-order valence-corrected chi connectivity index (χ3v) is 5.42. The lowest BCUT2D eigenvalue weighted by Crippen LogP contribution is -2.07. The second-order valence-electron chi connectivity index (χ2n) is 6.26. The van der Waals surface area contributed by atoms with Crippen molar-refractivity contribution in [1.82, 2.24) is 15.0 Å². The van der Waals surface area contributed by atoms with E-state index in [4.69, 9.17) is 4.98 Å². The van der Waals surface area contributed by atoms with E-state index in [1.807, 2.05) is 12.1 Å². The fraction of sp³-hybridized carbons (Fsp3) is 0.316. The van der Waals surface area contributed by atoms with Gasteiger partial charge in [0.1, 0.15) is 16.9 Å². The maximum Gasteiger partial charge on any atom is 0.117 e. The van der Waals surface area contributed by atoms with Crippen LogP contribution in [0.3, 0.4) is 0 Å². The number of benzene rings is 1. The van der Waals surface area contributed by atoms with E-state index in [0.717, 1.165) is 34.7 Å². The number of aromatic nitrogens is 3. The molecule has 0 radical (unpaired) electrons. The zero-order valence-electron chi connectivity index (χ0n) is 13.6. The number of fused-ring (bicyclic) bond motifs is 2. The standard InChI is InChI=1S/C19H18N4S/c1-12-6-7-16-17(8-12)22-18(21-16)11-24-19-14(10-20)9-13-4-2-3-5-15(13)23-19/h6-9H,2-5,11H2,1H3,(H,21,22). The summed E-state index contributed by atoms with van der Waals surface area (Å²) in [7, 11) is 0. The number of hydrogen-bond donors (Lipinski definition) is 1. The molecule has 4 rings (SSSR count). The van der Waals surface area contributed by atoms with Gasteiger partial charge < -0.3 is 4.98 Å². The molecule has 3 aromatic rings. The van der Waals surface area contributed by atoms with Crippen molar-refractivity contribution in [3.8, 4) is 6.07 Å². The second kappa shape index (κ2) is 6.29. The molecule has 0 saturated carbocycles. The molecule has 120 valence electrons. The first-order chi connectivity index (χ1) is 11.7. The van der Waals surface area contributed by atoms with Gasteiger partial charge in [0.25, 0.3) is 0 Å². The SMILES string of the molecule is Cc1ccc2nc(CSc3nc4c(cc3C#N)CCCC4)[nH]c2c1. The molecule has 0 saturated heterocycles. The van der Waals surface area contributed by atoms with Gasteiger partial charge in [0.2, 0.25) is 0 Å². The van der Waals surface area contributed by atoms with E-state index in [1.54, 1.807) is 11.8 Å². The Bertz CT molecular complexity index is 952. The molecular weight excluding hydrogens is 316 g/mol. The summed E-state index contributed by atoms with van der Waals surface area (Å²) in [6.45, 7) is 2.07. The van der Waals surface area contributed by atoms with Gasteiger partial charge in [-0.25, -0.2) is 9.97 Å². The Balaban J connectivity index is 1.59. The smallest absolute Gasteiger partial charge is 0.117 e. The van der Waals surface area contributed by atoms with Crippen LogP contribution in [0.5, 0.6) is 0 Å². The van der Waals surface area contributed by atoms with E-state index in [2.05, 4.69) is 35.1 Å². The van der Waals surface area contributed by atoms with E-state index < -0.39 is 0 Å². The molecule has 0 spiro atoms. The van der Waals surface area contributed by atoms with Crippen molar-refractivity contribution in [1.29, 1.82) is 5.26 Å². The Labute approximate surface area is 145 Å². The molecule has 2 heterocycles. The van der Waals surface area contributed by atoms with E-state index in [0.29, 0.717) is 11.3 Å². The monoisotopic (exact) mass is 334 g/mol. The molecule has 0 bridgehead atoms. The number of H-pyrrole nitrogens is 1. The summed E-state index contributed by atoms with van der Waals surface area (Å²) in [6.07, 6.45) is 4.47. The molecule has 1 aliphatic carbocycles. The molecular formula is C19H18N4S. The van der Waals surface area contributed by atoms with E-state index in [1.165, 1.54) is 29.7 Å². The maximum atomic E-state index is 9.44. The quantitative estimate of drug-likeness (QED) is 0.725. The lowest BCUT2D eigenvalue weighted by molar-refractivity contribution is 0.660. The predicted molar refractivity (Wildman–Crippen MR) is 96.0 cm³/mol. The lowest BCUT2D eigenvalue weighted by atomic mass is 9.95. The number of aryl methyl sites for hydroxylation is 3. The first-order valence-corrected chi connectivity index (χ1v) is 9.22. The summed E-state index contributed by atoms with van der Waals surface area (Å²) in [5.41, 5.74) is 6.37. The Morgan fingerprint density at radius 2 is 2.08 bits per heavy atom. The number of hydrogen-bond acceptors (Lipinski definition) is 4. The summed E-state index contributed by atoms with van der Waals surface area (Å²) >= 11 is 1.59. The minimum absolute atomic E-state index is 0.688. The minimum atomic E-state index is 0.688. The highest BCUT2D eigenvalue weighted by atomic mass is 32.2. The van der Waals surface area contributed by atoms with Gasteiger partial charge >= 0.3 is 0 Å². The van der Waals surface area contributed by atoms with Crippen LogP contribution in [0.1, 0.15) is 41.1 Å². The maximum absolute atomic E-state index is 9.44. The van der Waals surface area contributed by atoms with Crippen LogP contribution in [0.15, 0.2) is 29.3 Å². The normalized spacial score (nSPS) is 13.7. The van der Waals surface area contributed by atoms with Crippen molar-refractivity contribution in [2.45, 2.75) is 43.4 Å². The molecule has 1 aromatic carbocycles. The molecule has 0 atom stereocenters. The number of nitrogens with zero attached hydrogens (tertiary/aromatic N) is 3. The van der Waals surface area contributed by atoms with Gasteiger partial charge in [0.05, 0.1) is 22.3 Å². The molecule has 0 fully saturated rings. The van der Waals surface area contributed by atoms with Crippen LogP contribution in [0.25, 0.3) is 11.0 Å². The van der Waals surface area contributed by atoms with Crippen molar-refractivity contribution >= 4 is 22.8 Å². The van der Waals surface area contributed by atoms with Crippen molar-refractivity contribution in [3.63, 3.8) is 0 Å². The summed E-state index contributed by atoms with van der Waals surface area (Å²) in [4.78, 5) is 12.8. The number of rotatable bonds is 3. The second-order valence-corrected chi connectivity index (χ2v) is 7.22. The number of thioether (sulfide) groups is 1. The van der Waals surface area contributed by atoms with Crippen LogP contribution in [0, 0.1) is 18.3 Å². The summed E-state index contributed by atoms with van der Waals surface area (Å²) in [5, 5.41) is 10.3. The molecule has 0 amide bonds. The zero-order valence-corrected chi connectivity index (χ0v) is 14.4. The van der Waals surface area contributed by atoms with Gasteiger partial charge in [0.15, 0.2) is 0 Å². The Kier molecular flexibility index (Phi) is 3.99. The average Bonchev–Trinajstić information content (AvgIpc) is 3.01. The number of nitrogens with one attached hydrogen (secondary N) is 1. The molecule has 0 unspecified atom stereocenters. The van der Waals surface area contributed by atoms with Crippen molar-refractivity contribution in [2.24, 2.45) is 0 Å². The van der Waals surface area contributed by atoms with Crippen molar-refractivity contribution < 1.29 is 0 Å². The third-order valence-electron chi connectivity index (χ3n) is 4.42. The van der Waals surface area contributed by atoms with Crippen LogP contribution in [-0.2, 0) is 18.6 Å². The van der Waals surface area contributed by atoms with Gasteiger partial charge in [-0.15, -0.1) is 0 Å². The molecule has 1 aliphatic rings. The Morgan fingerprint density at radius 3 is 2.96 bits per heavy atom. The van der Waals surface area contributed by atoms with Crippen LogP contribution < -0.4 is 0 Å². The molecule has 2 aromatic heterocycles. The Morgan fingerprint density at radius 1 is 1.21 bits per heavy atom. The van der Waals surface area contributed by atoms with Crippen LogP contribution in [0.4, 0.5) is 0 Å². The fourth-order valence-corrected chi connectivity index (χ4v) is 4.03. The van der Waals surface area contributed by atoms with Crippen LogP contribution in [0.2, 0.25) is 0 Å². The van der Waals surface area contributed by atoms with Crippen LogP contribution >= 0.6 is 11.8 Å². The predicted octanol–water partition coefficient (Wildman–Crippen LogP) is 4.31. The topological polar surface area (TPSA) is 65.4 Å². The van der Waals surface area contributed by atoms with E-state index in [9.17, 15) is 5.26 Å². The highest BCUT2D eigenvalue weighted by Crippen LogP contribution is 2.29. The van der Waals surface area contributed by atoms with E-state index >= 15 is 0 Å². The van der Waals surface area contributed by atoms with Gasteiger partial charge in [-0.1, -0.05) is 17.8 Å². The van der Waals surface area contributed by atoms with Crippen molar-refractivity contribution in [3.05, 3.63) is 52.5 Å². The summed E-state index contributed by atoms with van der Waals surface area (Å²) in [6, 6.07) is 10.5. The van der Waals surface area contributed by atoms with Gasteiger partial charge in [0, 0.05) is 5.69 Å².